The molecule has 15 heavy (non-hydrogen) atoms. The zero-order chi connectivity index (χ0) is 10.1. The monoisotopic (exact) mass is 200 g/mol. The van der Waals surface area contributed by atoms with E-state index in [1.807, 2.05) is 11.1 Å². The molecule has 0 aromatic rings. The van der Waals surface area contributed by atoms with Crippen molar-refractivity contribution >= 4 is 0 Å². The molecule has 0 saturated heterocycles. The van der Waals surface area contributed by atoms with Crippen LogP contribution < -0.4 is 0 Å². The Kier molecular flexibility index (Phi) is 0.976. The second kappa shape index (κ2) is 1.85. The van der Waals surface area contributed by atoms with Crippen LogP contribution in [-0.2, 0) is 0 Å². The summed E-state index contributed by atoms with van der Waals surface area (Å²) in [7, 11) is 0. The fraction of sp³-hybridized carbons (Fsp3) is 0.867. The lowest BCUT2D eigenvalue weighted by Crippen LogP contribution is -2.57. The molecule has 8 atom stereocenters. The SMILES string of the molecule is CC1C2[C@@H]3C4CC5=C4C3C(C5)C2(C)[C@H]1C. The molecule has 3 fully saturated rings. The van der Waals surface area contributed by atoms with Gasteiger partial charge in [-0.2, -0.15) is 0 Å². The molecule has 0 N–H and O–H groups in total. The van der Waals surface area contributed by atoms with E-state index in [0.29, 0.717) is 0 Å². The van der Waals surface area contributed by atoms with E-state index in [-0.39, 0.29) is 0 Å². The van der Waals surface area contributed by atoms with Crippen molar-refractivity contribution in [3.05, 3.63) is 11.1 Å². The summed E-state index contributed by atoms with van der Waals surface area (Å²) in [6.07, 6.45) is 3.03. The zero-order valence-corrected chi connectivity index (χ0v) is 9.96. The van der Waals surface area contributed by atoms with Crippen LogP contribution in [0.25, 0.3) is 0 Å². The van der Waals surface area contributed by atoms with Crippen molar-refractivity contribution in [2.45, 2.75) is 33.6 Å². The summed E-state index contributed by atoms with van der Waals surface area (Å²) in [6, 6.07) is 0. The quantitative estimate of drug-likeness (QED) is 0.525. The summed E-state index contributed by atoms with van der Waals surface area (Å²) in [5, 5.41) is 0. The zero-order valence-electron chi connectivity index (χ0n) is 9.96. The Bertz CT molecular complexity index is 418. The van der Waals surface area contributed by atoms with Crippen molar-refractivity contribution in [2.75, 3.05) is 0 Å². The van der Waals surface area contributed by atoms with Crippen LogP contribution in [0.4, 0.5) is 0 Å². The van der Waals surface area contributed by atoms with E-state index < -0.39 is 0 Å². The first-order chi connectivity index (χ1) is 7.15. The molecule has 5 aliphatic carbocycles. The van der Waals surface area contributed by atoms with Crippen molar-refractivity contribution in [3.8, 4) is 0 Å². The second-order valence-electron chi connectivity index (χ2n) is 7.32. The van der Waals surface area contributed by atoms with Crippen molar-refractivity contribution in [2.24, 2.45) is 46.8 Å². The molecule has 0 aromatic heterocycles. The van der Waals surface area contributed by atoms with Crippen molar-refractivity contribution in [1.82, 2.24) is 0 Å². The molecule has 5 rings (SSSR count). The van der Waals surface area contributed by atoms with E-state index in [4.69, 9.17) is 0 Å². The Balaban J connectivity index is 1.70. The third kappa shape index (κ3) is 0.497. The summed E-state index contributed by atoms with van der Waals surface area (Å²) in [6.45, 7) is 7.69. The van der Waals surface area contributed by atoms with E-state index >= 15 is 0 Å². The van der Waals surface area contributed by atoms with Crippen LogP contribution in [0.1, 0.15) is 33.6 Å². The number of fused-ring (bicyclic) bond motifs is 4. The highest BCUT2D eigenvalue weighted by molar-refractivity contribution is 5.50. The third-order valence-electron chi connectivity index (χ3n) is 7.68. The Morgan fingerprint density at radius 1 is 1.20 bits per heavy atom. The van der Waals surface area contributed by atoms with Gasteiger partial charge in [0.05, 0.1) is 0 Å². The average Bonchev–Trinajstić information content (AvgIpc) is 2.43. The molecular formula is C15H20. The maximum absolute atomic E-state index is 2.63. The number of allylic oxidation sites excluding steroid dienone is 2. The van der Waals surface area contributed by atoms with Gasteiger partial charge in [0.25, 0.3) is 0 Å². The smallest absolute Gasteiger partial charge is 0.0123 e. The lowest BCUT2D eigenvalue weighted by atomic mass is 9.42. The van der Waals surface area contributed by atoms with Crippen molar-refractivity contribution < 1.29 is 0 Å². The number of hydrogen-bond donors (Lipinski definition) is 0. The van der Waals surface area contributed by atoms with Crippen LogP contribution in [0.15, 0.2) is 11.1 Å². The average molecular weight is 200 g/mol. The van der Waals surface area contributed by atoms with Crippen molar-refractivity contribution in [1.29, 1.82) is 0 Å². The van der Waals surface area contributed by atoms with Gasteiger partial charge in [-0.15, -0.1) is 0 Å². The van der Waals surface area contributed by atoms with E-state index in [9.17, 15) is 0 Å². The van der Waals surface area contributed by atoms with E-state index in [1.54, 1.807) is 0 Å². The van der Waals surface area contributed by atoms with Gasteiger partial charge < -0.3 is 0 Å². The summed E-state index contributed by atoms with van der Waals surface area (Å²) in [4.78, 5) is 0. The fourth-order valence-electron chi connectivity index (χ4n) is 6.93. The molecule has 0 nitrogen and oxygen atoms in total. The summed E-state index contributed by atoms with van der Waals surface area (Å²) in [5.74, 6) is 7.56. The van der Waals surface area contributed by atoms with Gasteiger partial charge in [-0.1, -0.05) is 31.9 Å². The third-order valence-corrected chi connectivity index (χ3v) is 7.68. The van der Waals surface area contributed by atoms with Crippen LogP contribution in [0.2, 0.25) is 0 Å². The molecule has 0 bridgehead atoms. The minimum absolute atomic E-state index is 0.747. The first-order valence-corrected chi connectivity index (χ1v) is 6.87. The van der Waals surface area contributed by atoms with Crippen LogP contribution in [-0.4, -0.2) is 0 Å². The maximum Gasteiger partial charge on any atom is -0.0123 e. The lowest BCUT2D eigenvalue weighted by Gasteiger charge is -2.62. The number of hydrogen-bond acceptors (Lipinski definition) is 0. The standard InChI is InChI=1S/C15H20/c1-6-7(2)15(3)10-5-8-4-9-11(8)13(10)12(9)14(6)15/h6-7,9-10,12-14H,4-5H2,1-3H3/t6?,7-,9?,10?,12+,13?,14?,15?/m0/s1. The largest absolute Gasteiger partial charge is 0.0695 e. The number of rotatable bonds is 0. The van der Waals surface area contributed by atoms with E-state index in [0.717, 1.165) is 46.8 Å². The highest BCUT2D eigenvalue weighted by Gasteiger charge is 2.78. The van der Waals surface area contributed by atoms with Crippen LogP contribution in [0.3, 0.4) is 0 Å². The summed E-state index contributed by atoms with van der Waals surface area (Å²) >= 11 is 0. The second-order valence-corrected chi connectivity index (χ2v) is 7.32. The van der Waals surface area contributed by atoms with Gasteiger partial charge in [0.1, 0.15) is 0 Å². The highest BCUT2D eigenvalue weighted by atomic mass is 14.8. The molecule has 0 spiro atoms. The topological polar surface area (TPSA) is 0 Å². The minimum Gasteiger partial charge on any atom is -0.0695 e. The first-order valence-electron chi connectivity index (χ1n) is 6.87. The Morgan fingerprint density at radius 3 is 2.80 bits per heavy atom. The van der Waals surface area contributed by atoms with Crippen molar-refractivity contribution in [3.63, 3.8) is 0 Å². The van der Waals surface area contributed by atoms with Gasteiger partial charge in [0.2, 0.25) is 0 Å². The molecule has 3 saturated carbocycles. The molecule has 0 amide bonds. The Hall–Kier alpha value is -0.260. The molecule has 0 aromatic carbocycles. The van der Waals surface area contributed by atoms with Crippen LogP contribution >= 0.6 is 0 Å². The molecule has 0 heteroatoms. The van der Waals surface area contributed by atoms with Gasteiger partial charge in [0, 0.05) is 0 Å². The molecule has 0 radical (unpaired) electrons. The summed E-state index contributed by atoms with van der Waals surface area (Å²) in [5.41, 5.74) is 4.65. The first kappa shape index (κ1) is 7.92. The maximum atomic E-state index is 2.63. The van der Waals surface area contributed by atoms with Gasteiger partial charge >= 0.3 is 0 Å². The minimum atomic E-state index is 0.747. The molecule has 6 unspecified atom stereocenters. The molecule has 5 aliphatic rings. The fourth-order valence-corrected chi connectivity index (χ4v) is 6.93. The molecule has 80 valence electrons. The normalized spacial score (nSPS) is 71.8. The molecule has 0 aliphatic heterocycles. The highest BCUT2D eigenvalue weighted by Crippen LogP contribution is 2.84. The predicted molar refractivity (Wildman–Crippen MR) is 60.1 cm³/mol. The molecular weight excluding hydrogens is 180 g/mol. The Labute approximate surface area is 92.1 Å². The van der Waals surface area contributed by atoms with Crippen LogP contribution in [0, 0.1) is 46.8 Å². The summed E-state index contributed by atoms with van der Waals surface area (Å²) < 4.78 is 0. The Morgan fingerprint density at radius 2 is 2.00 bits per heavy atom. The molecule has 0 heterocycles. The van der Waals surface area contributed by atoms with E-state index in [2.05, 4.69) is 20.8 Å². The van der Waals surface area contributed by atoms with Gasteiger partial charge in [0.15, 0.2) is 0 Å². The van der Waals surface area contributed by atoms with E-state index in [1.165, 1.54) is 12.8 Å². The van der Waals surface area contributed by atoms with Gasteiger partial charge in [-0.25, -0.2) is 0 Å². The lowest BCUT2D eigenvalue weighted by molar-refractivity contribution is -0.120. The van der Waals surface area contributed by atoms with Crippen LogP contribution in [0.5, 0.6) is 0 Å². The van der Waals surface area contributed by atoms with Gasteiger partial charge in [-0.3, -0.25) is 0 Å². The predicted octanol–water partition coefficient (Wildman–Crippen LogP) is 3.49. The van der Waals surface area contributed by atoms with Gasteiger partial charge in [-0.05, 0) is 59.7 Å².